The van der Waals surface area contributed by atoms with Gasteiger partial charge in [0.05, 0.1) is 25.4 Å². The summed E-state index contributed by atoms with van der Waals surface area (Å²) in [6.07, 6.45) is 1.26. The third-order valence-corrected chi connectivity index (χ3v) is 8.03. The number of aromatic nitrogens is 2. The fourth-order valence-electron chi connectivity index (χ4n) is 5.46. The Bertz CT molecular complexity index is 1420. The average Bonchev–Trinajstić information content (AvgIpc) is 3.61. The van der Waals surface area contributed by atoms with Crippen molar-refractivity contribution in [1.29, 1.82) is 0 Å². The Labute approximate surface area is 252 Å². The van der Waals surface area contributed by atoms with Crippen molar-refractivity contribution in [2.75, 3.05) is 57.2 Å². The van der Waals surface area contributed by atoms with Gasteiger partial charge in [-0.15, -0.1) is 5.10 Å². The smallest absolute Gasteiger partial charge is 0.435 e. The molecule has 0 spiro atoms. The van der Waals surface area contributed by atoms with E-state index in [0.717, 1.165) is 56.7 Å². The molecule has 0 aliphatic carbocycles. The maximum absolute atomic E-state index is 13.6. The van der Waals surface area contributed by atoms with Crippen molar-refractivity contribution in [2.45, 2.75) is 45.4 Å². The standard InChI is InChI=1S/C32H40N6O5/c1-4-5-9-20-43-32(41)38-27-22-37(31(40)28(42-3)23-10-7-6-8-11-23)21-26(27)29(34-38)33-30(39)24-12-14-25(15-13-24)36-18-16-35(2)17-19-36/h6-8,10-15,28H,4-5,9,16-22H2,1-3H3,(H,33,34,39). The van der Waals surface area contributed by atoms with Crippen LogP contribution in [0.2, 0.25) is 0 Å². The van der Waals surface area contributed by atoms with Crippen LogP contribution in [0, 0.1) is 0 Å². The lowest BCUT2D eigenvalue weighted by atomic mass is 10.1. The Morgan fingerprint density at radius 3 is 2.35 bits per heavy atom. The van der Waals surface area contributed by atoms with Gasteiger partial charge in [0.25, 0.3) is 11.8 Å². The summed E-state index contributed by atoms with van der Waals surface area (Å²) in [5, 5.41) is 7.32. The van der Waals surface area contributed by atoms with Crippen molar-refractivity contribution in [2.24, 2.45) is 0 Å². The minimum Gasteiger partial charge on any atom is -0.448 e. The SMILES string of the molecule is CCCCCOC(=O)n1nc(NC(=O)c2ccc(N3CCN(C)CC3)cc2)c2c1CN(C(=O)C(OC)c1ccccc1)C2. The van der Waals surface area contributed by atoms with E-state index in [0.29, 0.717) is 16.8 Å². The maximum atomic E-state index is 13.6. The zero-order chi connectivity index (χ0) is 30.3. The first-order chi connectivity index (χ1) is 20.9. The van der Waals surface area contributed by atoms with Crippen molar-refractivity contribution < 1.29 is 23.9 Å². The Morgan fingerprint density at radius 1 is 0.953 bits per heavy atom. The summed E-state index contributed by atoms with van der Waals surface area (Å²) in [5.74, 6) is -0.361. The second-order valence-electron chi connectivity index (χ2n) is 11.0. The molecule has 0 bridgehead atoms. The summed E-state index contributed by atoms with van der Waals surface area (Å²) in [7, 11) is 3.61. The number of anilines is 2. The predicted molar refractivity (Wildman–Crippen MR) is 163 cm³/mol. The normalized spacial score (nSPS) is 15.7. The Morgan fingerprint density at radius 2 is 1.67 bits per heavy atom. The van der Waals surface area contributed by atoms with Crippen molar-refractivity contribution in [3.8, 4) is 0 Å². The highest BCUT2D eigenvalue weighted by Gasteiger charge is 2.36. The molecule has 2 aromatic carbocycles. The summed E-state index contributed by atoms with van der Waals surface area (Å²) in [6.45, 7) is 6.50. The molecule has 11 nitrogen and oxygen atoms in total. The van der Waals surface area contributed by atoms with E-state index in [9.17, 15) is 14.4 Å². The number of methoxy groups -OCH3 is 1. The zero-order valence-electron chi connectivity index (χ0n) is 25.1. The quantitative estimate of drug-likeness (QED) is 0.350. The number of likely N-dealkylation sites (N-methyl/N-ethyl adjacent to an activating group) is 1. The highest BCUT2D eigenvalue weighted by Crippen LogP contribution is 2.33. The molecule has 1 unspecified atom stereocenters. The molecule has 1 aromatic heterocycles. The molecule has 5 rings (SSSR count). The van der Waals surface area contributed by atoms with Crippen LogP contribution in [-0.4, -0.2) is 84.4 Å². The lowest BCUT2D eigenvalue weighted by Gasteiger charge is -2.34. The Kier molecular flexibility index (Phi) is 9.73. The van der Waals surface area contributed by atoms with E-state index in [1.165, 1.54) is 11.8 Å². The fourth-order valence-corrected chi connectivity index (χ4v) is 5.46. The third-order valence-electron chi connectivity index (χ3n) is 8.03. The van der Waals surface area contributed by atoms with Gasteiger partial charge in [0.1, 0.15) is 0 Å². The van der Waals surface area contributed by atoms with E-state index in [4.69, 9.17) is 9.47 Å². The van der Waals surface area contributed by atoms with Crippen LogP contribution in [0.1, 0.15) is 59.5 Å². The monoisotopic (exact) mass is 588 g/mol. The molecule has 1 fully saturated rings. The number of nitrogens with one attached hydrogen (secondary N) is 1. The Balaban J connectivity index is 1.34. The number of unbranched alkanes of at least 4 members (excludes halogenated alkanes) is 2. The lowest BCUT2D eigenvalue weighted by Crippen LogP contribution is -2.44. The van der Waals surface area contributed by atoms with Gasteiger partial charge in [-0.25, -0.2) is 4.79 Å². The van der Waals surface area contributed by atoms with Crippen LogP contribution in [0.5, 0.6) is 0 Å². The zero-order valence-corrected chi connectivity index (χ0v) is 25.1. The number of carbonyl (C=O) groups excluding carboxylic acids is 3. The van der Waals surface area contributed by atoms with E-state index >= 15 is 0 Å². The minimum atomic E-state index is -0.801. The van der Waals surface area contributed by atoms with Gasteiger partial charge in [0.15, 0.2) is 11.9 Å². The third kappa shape index (κ3) is 6.89. The van der Waals surface area contributed by atoms with Crippen molar-refractivity contribution in [3.63, 3.8) is 0 Å². The highest BCUT2D eigenvalue weighted by atomic mass is 16.6. The van der Waals surface area contributed by atoms with Crippen molar-refractivity contribution in [3.05, 3.63) is 77.0 Å². The number of benzene rings is 2. The average molecular weight is 589 g/mol. The summed E-state index contributed by atoms with van der Waals surface area (Å²) < 4.78 is 12.2. The molecule has 1 N–H and O–H groups in total. The topological polar surface area (TPSA) is 109 Å². The van der Waals surface area contributed by atoms with E-state index < -0.39 is 12.2 Å². The van der Waals surface area contributed by atoms with Gasteiger partial charge in [0, 0.05) is 50.1 Å². The first kappa shape index (κ1) is 30.2. The molecule has 3 aromatic rings. The number of rotatable bonds is 10. The molecule has 43 heavy (non-hydrogen) atoms. The minimum absolute atomic E-state index is 0.132. The van der Waals surface area contributed by atoms with Gasteiger partial charge < -0.3 is 29.5 Å². The molecule has 1 atom stereocenters. The number of nitrogens with zero attached hydrogens (tertiary/aromatic N) is 5. The molecule has 1 saturated heterocycles. The first-order valence-corrected chi connectivity index (χ1v) is 14.9. The molecule has 2 aliphatic rings. The van der Waals surface area contributed by atoms with Crippen molar-refractivity contribution >= 4 is 29.4 Å². The van der Waals surface area contributed by atoms with Crippen LogP contribution < -0.4 is 10.2 Å². The van der Waals surface area contributed by atoms with Gasteiger partial charge in [-0.05, 0) is 43.3 Å². The van der Waals surface area contributed by atoms with Crippen LogP contribution in [0.15, 0.2) is 54.6 Å². The number of hydrogen-bond acceptors (Lipinski definition) is 8. The lowest BCUT2D eigenvalue weighted by molar-refractivity contribution is -0.143. The molecular formula is C32H40N6O5. The van der Waals surface area contributed by atoms with Gasteiger partial charge in [0.2, 0.25) is 0 Å². The van der Waals surface area contributed by atoms with Crippen LogP contribution in [0.25, 0.3) is 0 Å². The van der Waals surface area contributed by atoms with Gasteiger partial charge in [-0.3, -0.25) is 9.59 Å². The number of piperazine rings is 1. The van der Waals surface area contributed by atoms with E-state index in [-0.39, 0.29) is 37.3 Å². The maximum Gasteiger partial charge on any atom is 0.435 e. The molecule has 3 heterocycles. The van der Waals surface area contributed by atoms with E-state index in [1.807, 2.05) is 42.5 Å². The highest BCUT2D eigenvalue weighted by molar-refractivity contribution is 6.04. The molecular weight excluding hydrogens is 548 g/mol. The number of hydrogen-bond donors (Lipinski definition) is 1. The predicted octanol–water partition coefficient (Wildman–Crippen LogP) is 4.29. The second kappa shape index (κ2) is 13.8. The molecule has 228 valence electrons. The van der Waals surface area contributed by atoms with Crippen LogP contribution in [-0.2, 0) is 27.4 Å². The van der Waals surface area contributed by atoms with Crippen molar-refractivity contribution in [1.82, 2.24) is 19.6 Å². The van der Waals surface area contributed by atoms with Crippen LogP contribution in [0.3, 0.4) is 0 Å². The summed E-state index contributed by atoms with van der Waals surface area (Å²) in [4.78, 5) is 46.2. The molecule has 2 aliphatic heterocycles. The number of fused-ring (bicyclic) bond motifs is 1. The summed E-state index contributed by atoms with van der Waals surface area (Å²) >= 11 is 0. The van der Waals surface area contributed by atoms with Crippen LogP contribution in [0.4, 0.5) is 16.3 Å². The second-order valence-corrected chi connectivity index (χ2v) is 11.0. The molecule has 11 heteroatoms. The molecule has 2 amide bonds. The molecule has 0 saturated carbocycles. The molecule has 0 radical (unpaired) electrons. The Hall–Kier alpha value is -4.22. The number of carbonyl (C=O) groups is 3. The van der Waals surface area contributed by atoms with Gasteiger partial charge in [-0.1, -0.05) is 50.1 Å². The number of amides is 2. The van der Waals surface area contributed by atoms with E-state index in [2.05, 4.69) is 34.2 Å². The fraction of sp³-hybridized carbons (Fsp3) is 0.438. The first-order valence-electron chi connectivity index (χ1n) is 14.9. The van der Waals surface area contributed by atoms with E-state index in [1.54, 1.807) is 17.0 Å². The largest absolute Gasteiger partial charge is 0.448 e. The van der Waals surface area contributed by atoms with Crippen LogP contribution >= 0.6 is 0 Å². The van der Waals surface area contributed by atoms with Gasteiger partial charge >= 0.3 is 6.09 Å². The van der Waals surface area contributed by atoms with Gasteiger partial charge in [-0.2, -0.15) is 4.68 Å². The summed E-state index contributed by atoms with van der Waals surface area (Å²) in [6, 6.07) is 16.7. The summed E-state index contributed by atoms with van der Waals surface area (Å²) in [5.41, 5.74) is 3.39. The number of ether oxygens (including phenoxy) is 2.